The van der Waals surface area contributed by atoms with Gasteiger partial charge in [-0.2, -0.15) is 0 Å². The SMILES string of the molecule is CCNC(c1ccc(C)cc1C)C1CC1C. The third-order valence-electron chi connectivity index (χ3n) is 3.78. The summed E-state index contributed by atoms with van der Waals surface area (Å²) >= 11 is 0. The summed E-state index contributed by atoms with van der Waals surface area (Å²) in [6.45, 7) is 10.0. The third-order valence-corrected chi connectivity index (χ3v) is 3.78. The monoisotopic (exact) mass is 217 g/mol. The van der Waals surface area contributed by atoms with E-state index < -0.39 is 0 Å². The molecule has 1 nitrogen and oxygen atoms in total. The van der Waals surface area contributed by atoms with Crippen molar-refractivity contribution in [1.82, 2.24) is 5.32 Å². The van der Waals surface area contributed by atoms with Gasteiger partial charge in [0, 0.05) is 6.04 Å². The van der Waals surface area contributed by atoms with E-state index in [1.165, 1.54) is 23.1 Å². The van der Waals surface area contributed by atoms with Crippen molar-refractivity contribution in [3.05, 3.63) is 34.9 Å². The number of rotatable bonds is 4. The number of hydrogen-bond acceptors (Lipinski definition) is 1. The van der Waals surface area contributed by atoms with Crippen LogP contribution in [-0.4, -0.2) is 6.54 Å². The Labute approximate surface area is 99.3 Å². The first-order valence-electron chi connectivity index (χ1n) is 6.44. The molecule has 0 radical (unpaired) electrons. The van der Waals surface area contributed by atoms with Crippen LogP contribution < -0.4 is 5.32 Å². The van der Waals surface area contributed by atoms with E-state index in [2.05, 4.69) is 51.2 Å². The van der Waals surface area contributed by atoms with E-state index >= 15 is 0 Å². The highest BCUT2D eigenvalue weighted by Crippen LogP contribution is 2.47. The van der Waals surface area contributed by atoms with Crippen molar-refractivity contribution in [3.63, 3.8) is 0 Å². The van der Waals surface area contributed by atoms with E-state index in [4.69, 9.17) is 0 Å². The molecule has 1 N–H and O–H groups in total. The van der Waals surface area contributed by atoms with Crippen molar-refractivity contribution < 1.29 is 0 Å². The summed E-state index contributed by atoms with van der Waals surface area (Å²) in [5.74, 6) is 1.74. The van der Waals surface area contributed by atoms with E-state index in [1.54, 1.807) is 0 Å². The van der Waals surface area contributed by atoms with Gasteiger partial charge in [0.1, 0.15) is 0 Å². The van der Waals surface area contributed by atoms with Gasteiger partial charge in [-0.05, 0) is 49.8 Å². The fourth-order valence-corrected chi connectivity index (χ4v) is 2.70. The molecule has 0 aliphatic heterocycles. The van der Waals surface area contributed by atoms with E-state index in [-0.39, 0.29) is 0 Å². The van der Waals surface area contributed by atoms with Crippen LogP contribution in [0.25, 0.3) is 0 Å². The van der Waals surface area contributed by atoms with Gasteiger partial charge >= 0.3 is 0 Å². The highest BCUT2D eigenvalue weighted by atomic mass is 14.9. The Hall–Kier alpha value is -0.820. The Kier molecular flexibility index (Phi) is 3.34. The van der Waals surface area contributed by atoms with Crippen molar-refractivity contribution in [1.29, 1.82) is 0 Å². The molecule has 88 valence electrons. The fourth-order valence-electron chi connectivity index (χ4n) is 2.70. The highest BCUT2D eigenvalue weighted by molar-refractivity contribution is 5.34. The van der Waals surface area contributed by atoms with Crippen LogP contribution in [0.3, 0.4) is 0 Å². The zero-order valence-corrected chi connectivity index (χ0v) is 10.9. The van der Waals surface area contributed by atoms with Gasteiger partial charge < -0.3 is 5.32 Å². The average Bonchev–Trinajstić information content (AvgIpc) is 2.93. The normalized spacial score (nSPS) is 25.5. The lowest BCUT2D eigenvalue weighted by molar-refractivity contribution is 0.474. The Balaban J connectivity index is 2.24. The minimum Gasteiger partial charge on any atom is -0.310 e. The Bertz CT molecular complexity index is 370. The van der Waals surface area contributed by atoms with Gasteiger partial charge in [-0.1, -0.05) is 37.6 Å². The summed E-state index contributed by atoms with van der Waals surface area (Å²) in [6.07, 6.45) is 1.38. The topological polar surface area (TPSA) is 12.0 Å². The lowest BCUT2D eigenvalue weighted by Gasteiger charge is -2.21. The molecule has 1 saturated carbocycles. The Morgan fingerprint density at radius 3 is 2.56 bits per heavy atom. The molecule has 0 amide bonds. The van der Waals surface area contributed by atoms with Crippen LogP contribution >= 0.6 is 0 Å². The van der Waals surface area contributed by atoms with E-state index in [0.717, 1.165) is 18.4 Å². The minimum atomic E-state index is 0.570. The van der Waals surface area contributed by atoms with Crippen molar-refractivity contribution >= 4 is 0 Å². The quantitative estimate of drug-likeness (QED) is 0.812. The molecular weight excluding hydrogens is 194 g/mol. The summed E-state index contributed by atoms with van der Waals surface area (Å²) in [7, 11) is 0. The molecule has 1 aliphatic rings. The lowest BCUT2D eigenvalue weighted by atomic mass is 9.95. The van der Waals surface area contributed by atoms with Crippen LogP contribution in [0.15, 0.2) is 18.2 Å². The van der Waals surface area contributed by atoms with Crippen LogP contribution in [0.4, 0.5) is 0 Å². The summed E-state index contributed by atoms with van der Waals surface area (Å²) in [6, 6.07) is 7.41. The Morgan fingerprint density at radius 2 is 2.06 bits per heavy atom. The molecule has 1 aliphatic carbocycles. The van der Waals surface area contributed by atoms with Crippen molar-refractivity contribution in [3.8, 4) is 0 Å². The van der Waals surface area contributed by atoms with E-state index in [9.17, 15) is 0 Å². The van der Waals surface area contributed by atoms with Crippen LogP contribution in [0, 0.1) is 25.7 Å². The molecule has 2 rings (SSSR count). The summed E-state index contributed by atoms with van der Waals surface area (Å²) in [5.41, 5.74) is 4.30. The molecule has 1 heteroatoms. The molecule has 16 heavy (non-hydrogen) atoms. The summed E-state index contributed by atoms with van der Waals surface area (Å²) < 4.78 is 0. The first kappa shape index (κ1) is 11.7. The summed E-state index contributed by atoms with van der Waals surface area (Å²) in [5, 5.41) is 3.65. The van der Waals surface area contributed by atoms with Gasteiger partial charge in [-0.15, -0.1) is 0 Å². The van der Waals surface area contributed by atoms with E-state index in [1.807, 2.05) is 0 Å². The number of aryl methyl sites for hydroxylation is 2. The smallest absolute Gasteiger partial charge is 0.0353 e. The average molecular weight is 217 g/mol. The van der Waals surface area contributed by atoms with Gasteiger partial charge in [0.05, 0.1) is 0 Å². The molecule has 1 fully saturated rings. The molecule has 3 atom stereocenters. The summed E-state index contributed by atoms with van der Waals surface area (Å²) in [4.78, 5) is 0. The number of benzene rings is 1. The van der Waals surface area contributed by atoms with Gasteiger partial charge in [-0.25, -0.2) is 0 Å². The zero-order valence-electron chi connectivity index (χ0n) is 10.9. The number of hydrogen-bond donors (Lipinski definition) is 1. The lowest BCUT2D eigenvalue weighted by Crippen LogP contribution is -2.24. The predicted octanol–water partition coefficient (Wildman–Crippen LogP) is 3.61. The molecule has 1 aromatic carbocycles. The largest absolute Gasteiger partial charge is 0.310 e. The Morgan fingerprint density at radius 1 is 1.38 bits per heavy atom. The molecule has 1 aromatic rings. The standard InChI is InChI=1S/C15H23N/c1-5-16-15(14-9-12(14)4)13-7-6-10(2)8-11(13)3/h6-8,12,14-16H,5,9H2,1-4H3. The molecule has 0 heterocycles. The minimum absolute atomic E-state index is 0.570. The van der Waals surface area contributed by atoms with Crippen LogP contribution in [-0.2, 0) is 0 Å². The maximum Gasteiger partial charge on any atom is 0.0353 e. The molecular formula is C15H23N. The van der Waals surface area contributed by atoms with Gasteiger partial charge in [-0.3, -0.25) is 0 Å². The second-order valence-electron chi connectivity index (χ2n) is 5.27. The predicted molar refractivity (Wildman–Crippen MR) is 69.6 cm³/mol. The fraction of sp³-hybridized carbons (Fsp3) is 0.600. The molecule has 0 spiro atoms. The third kappa shape index (κ3) is 2.30. The van der Waals surface area contributed by atoms with Crippen LogP contribution in [0.1, 0.15) is 43.0 Å². The van der Waals surface area contributed by atoms with Crippen LogP contribution in [0.2, 0.25) is 0 Å². The van der Waals surface area contributed by atoms with Gasteiger partial charge in [0.2, 0.25) is 0 Å². The van der Waals surface area contributed by atoms with Crippen molar-refractivity contribution in [2.45, 2.75) is 40.2 Å². The molecule has 0 saturated heterocycles. The second-order valence-corrected chi connectivity index (χ2v) is 5.27. The first-order chi connectivity index (χ1) is 7.63. The zero-order chi connectivity index (χ0) is 11.7. The molecule has 3 unspecified atom stereocenters. The maximum absolute atomic E-state index is 3.65. The van der Waals surface area contributed by atoms with Crippen LogP contribution in [0.5, 0.6) is 0 Å². The van der Waals surface area contributed by atoms with Gasteiger partial charge in [0.25, 0.3) is 0 Å². The number of nitrogens with one attached hydrogen (secondary N) is 1. The second kappa shape index (κ2) is 4.58. The maximum atomic E-state index is 3.65. The highest BCUT2D eigenvalue weighted by Gasteiger charge is 2.40. The van der Waals surface area contributed by atoms with Gasteiger partial charge in [0.15, 0.2) is 0 Å². The van der Waals surface area contributed by atoms with E-state index in [0.29, 0.717) is 6.04 Å². The molecule has 0 bridgehead atoms. The van der Waals surface area contributed by atoms with Crippen molar-refractivity contribution in [2.24, 2.45) is 11.8 Å². The first-order valence-corrected chi connectivity index (χ1v) is 6.44. The van der Waals surface area contributed by atoms with Crippen molar-refractivity contribution in [2.75, 3.05) is 6.54 Å². The molecule has 0 aromatic heterocycles.